The van der Waals surface area contributed by atoms with E-state index in [0.29, 0.717) is 17.2 Å². The minimum absolute atomic E-state index is 0. The number of nitrogens with zero attached hydrogens (tertiary/aromatic N) is 1. The van der Waals surface area contributed by atoms with Crippen molar-refractivity contribution in [2.24, 2.45) is 5.92 Å². The summed E-state index contributed by atoms with van der Waals surface area (Å²) in [5.74, 6) is -1.01. The second-order valence-electron chi connectivity index (χ2n) is 10.6. The summed E-state index contributed by atoms with van der Waals surface area (Å²) in [5.41, 5.74) is 4.96. The van der Waals surface area contributed by atoms with Crippen LogP contribution in [-0.4, -0.2) is 21.8 Å². The number of benzene rings is 3. The number of carboxylic acids is 1. The van der Waals surface area contributed by atoms with Crippen molar-refractivity contribution in [2.45, 2.75) is 50.9 Å². The van der Waals surface area contributed by atoms with E-state index >= 15 is 0 Å². The molecule has 7 heteroatoms. The van der Waals surface area contributed by atoms with Crippen molar-refractivity contribution >= 4 is 52.4 Å². The number of carbonyl (C=O) groups excluding carboxylic acids is 1. The predicted molar refractivity (Wildman–Crippen MR) is 166 cm³/mol. The van der Waals surface area contributed by atoms with Gasteiger partial charge in [0.05, 0.1) is 16.8 Å². The van der Waals surface area contributed by atoms with Gasteiger partial charge in [0, 0.05) is 33.3 Å². The zero-order valence-corrected chi connectivity index (χ0v) is 27.7. The van der Waals surface area contributed by atoms with Crippen molar-refractivity contribution in [3.63, 3.8) is 0 Å². The Morgan fingerprint density at radius 3 is 2.54 bits per heavy atom. The molecular weight excluding hydrogens is 561 g/mol. The number of fused-ring (bicyclic) bond motifs is 1. The number of rotatable bonds is 12. The molecule has 0 amide bonds. The van der Waals surface area contributed by atoms with Gasteiger partial charge in [0.2, 0.25) is 0 Å². The van der Waals surface area contributed by atoms with Crippen LogP contribution in [0.25, 0.3) is 23.1 Å². The summed E-state index contributed by atoms with van der Waals surface area (Å²) in [6, 6.07) is 26.0. The zero-order valence-electron chi connectivity index (χ0n) is 24.1. The fourth-order valence-electron chi connectivity index (χ4n) is 4.80. The maximum atomic E-state index is 11.6. The van der Waals surface area contributed by atoms with Crippen LogP contribution in [-0.2, 0) is 16.8 Å². The summed E-state index contributed by atoms with van der Waals surface area (Å²) in [6.45, 7) is 5.49. The summed E-state index contributed by atoms with van der Waals surface area (Å²) in [5, 5.41) is 24.1. The molecule has 0 saturated carbocycles. The van der Waals surface area contributed by atoms with Crippen LogP contribution in [0.5, 0.6) is 0 Å². The Hall–Kier alpha value is -2.12. The van der Waals surface area contributed by atoms with E-state index < -0.39 is 17.5 Å². The number of aromatic nitrogens is 1. The first-order chi connectivity index (χ1) is 19.1. The molecule has 1 N–H and O–H groups in total. The number of aliphatic hydroxyl groups is 1. The predicted octanol–water partition coefficient (Wildman–Crippen LogP) is 4.47. The van der Waals surface area contributed by atoms with Crippen molar-refractivity contribution in [2.75, 3.05) is 5.75 Å². The molecular formula is C34H35ClNNaO3S. The van der Waals surface area contributed by atoms with Gasteiger partial charge in [0.25, 0.3) is 0 Å². The minimum Gasteiger partial charge on any atom is -0.550 e. The van der Waals surface area contributed by atoms with Crippen molar-refractivity contribution < 1.29 is 44.6 Å². The van der Waals surface area contributed by atoms with Crippen molar-refractivity contribution in [3.05, 3.63) is 112 Å². The number of carboxylic acid groups (broad SMARTS) is 1. The fourth-order valence-corrected chi connectivity index (χ4v) is 6.42. The number of hydrogen-bond acceptors (Lipinski definition) is 5. The van der Waals surface area contributed by atoms with Crippen LogP contribution in [0.3, 0.4) is 0 Å². The number of aliphatic carboxylic acids is 1. The first kappa shape index (κ1) is 33.4. The van der Waals surface area contributed by atoms with E-state index in [1.807, 2.05) is 73.7 Å². The van der Waals surface area contributed by atoms with Gasteiger partial charge in [-0.2, -0.15) is 11.8 Å². The van der Waals surface area contributed by atoms with E-state index in [-0.39, 0.29) is 34.8 Å². The van der Waals surface area contributed by atoms with Crippen molar-refractivity contribution in [3.8, 4) is 0 Å². The molecule has 41 heavy (non-hydrogen) atoms. The van der Waals surface area contributed by atoms with Crippen LogP contribution < -0.4 is 34.7 Å². The average Bonchev–Trinajstić information content (AvgIpc) is 2.93. The van der Waals surface area contributed by atoms with E-state index in [4.69, 9.17) is 16.6 Å². The number of carbonyl (C=O) groups is 1. The molecule has 4 aromatic rings. The van der Waals surface area contributed by atoms with Gasteiger partial charge in [-0.15, -0.1) is 0 Å². The van der Waals surface area contributed by atoms with Gasteiger partial charge in [0.15, 0.2) is 0 Å². The van der Waals surface area contributed by atoms with Crippen LogP contribution >= 0.6 is 23.4 Å². The van der Waals surface area contributed by atoms with E-state index in [9.17, 15) is 15.0 Å². The van der Waals surface area contributed by atoms with Gasteiger partial charge in [-0.3, -0.25) is 0 Å². The fraction of sp³-hybridized carbons (Fsp3) is 0.294. The number of thioether (sulfide) groups is 1. The van der Waals surface area contributed by atoms with Gasteiger partial charge in [-0.1, -0.05) is 85.3 Å². The Morgan fingerprint density at radius 1 is 1.05 bits per heavy atom. The molecule has 4 nitrogen and oxygen atoms in total. The number of halogens is 1. The van der Waals surface area contributed by atoms with Crippen LogP contribution in [0.1, 0.15) is 66.8 Å². The third-order valence-electron chi connectivity index (χ3n) is 7.08. The second-order valence-corrected chi connectivity index (χ2v) is 12.2. The van der Waals surface area contributed by atoms with E-state index in [0.717, 1.165) is 51.7 Å². The van der Waals surface area contributed by atoms with Gasteiger partial charge in [-0.25, -0.2) is 4.98 Å². The van der Waals surface area contributed by atoms with Crippen molar-refractivity contribution in [1.29, 1.82) is 0 Å². The third-order valence-corrected chi connectivity index (χ3v) is 8.82. The first-order valence-corrected chi connectivity index (χ1v) is 15.0. The molecule has 1 aromatic heterocycles. The smallest absolute Gasteiger partial charge is 0.550 e. The molecule has 3 aromatic carbocycles. The quantitative estimate of drug-likeness (QED) is 0.245. The summed E-state index contributed by atoms with van der Waals surface area (Å²) in [7, 11) is 0. The van der Waals surface area contributed by atoms with Crippen molar-refractivity contribution in [1.82, 2.24) is 4.98 Å². The summed E-state index contributed by atoms with van der Waals surface area (Å²) in [4.78, 5) is 16.3. The van der Waals surface area contributed by atoms with Gasteiger partial charge in [0.1, 0.15) is 0 Å². The minimum atomic E-state index is -0.998. The van der Waals surface area contributed by atoms with Gasteiger partial charge in [-0.05, 0) is 79.6 Å². The molecule has 0 fully saturated rings. The number of pyridine rings is 1. The Kier molecular flexibility index (Phi) is 12.5. The number of aryl methyl sites for hydroxylation is 1. The van der Waals surface area contributed by atoms with Gasteiger partial charge < -0.3 is 15.0 Å². The topological polar surface area (TPSA) is 73.2 Å². The standard InChI is InChI=1S/C34H36ClNO3S.Na/c1-4-24(33(37)38)22-40-32(19-15-25-9-5-6-11-30(25)34(2,3)39)27-10-7-8-23(20-27)12-17-29-18-14-26-13-16-28(35)21-31(26)36-29;/h5-14,16-18,20-21,24,32,39H,4,15,19,22H2,1-3H3,(H,37,38);/q;+1/p-1/t24-,32-;/m1./s1. The molecule has 1 heterocycles. The Labute approximate surface area is 274 Å². The Morgan fingerprint density at radius 2 is 1.80 bits per heavy atom. The maximum Gasteiger partial charge on any atom is 1.00 e. The van der Waals surface area contributed by atoms with E-state index in [1.165, 1.54) is 0 Å². The van der Waals surface area contributed by atoms with Crippen LogP contribution in [0, 0.1) is 5.92 Å². The molecule has 0 radical (unpaired) electrons. The second kappa shape index (κ2) is 15.4. The molecule has 0 unspecified atom stereocenters. The Bertz CT molecular complexity index is 1500. The molecule has 208 valence electrons. The summed E-state index contributed by atoms with van der Waals surface area (Å²) in [6.07, 6.45) is 6.15. The third kappa shape index (κ3) is 9.44. The normalized spacial score (nSPS) is 13.2. The molecule has 0 bridgehead atoms. The van der Waals surface area contributed by atoms with E-state index in [2.05, 4.69) is 24.3 Å². The van der Waals surface area contributed by atoms with Crippen LogP contribution in [0.4, 0.5) is 0 Å². The molecule has 0 saturated heterocycles. The average molecular weight is 596 g/mol. The molecule has 0 aliphatic rings. The molecule has 0 aliphatic heterocycles. The van der Waals surface area contributed by atoms with Gasteiger partial charge >= 0.3 is 29.6 Å². The monoisotopic (exact) mass is 595 g/mol. The molecule has 2 atom stereocenters. The largest absolute Gasteiger partial charge is 1.00 e. The van der Waals surface area contributed by atoms with Crippen LogP contribution in [0.15, 0.2) is 78.9 Å². The molecule has 4 rings (SSSR count). The molecule has 0 spiro atoms. The number of hydrogen-bond donors (Lipinski definition) is 1. The Balaban J connectivity index is 0.00000462. The SMILES string of the molecule is CC[C@H](CS[C@H](CCc1ccccc1C(C)(C)O)c1cccc(C=Cc2ccc3ccc(Cl)cc3n2)c1)C(=O)[O-].[Na+]. The summed E-state index contributed by atoms with van der Waals surface area (Å²) >= 11 is 7.81. The molecule has 0 aliphatic carbocycles. The maximum absolute atomic E-state index is 11.6. The van der Waals surface area contributed by atoms with E-state index in [1.54, 1.807) is 25.6 Å². The zero-order chi connectivity index (χ0) is 28.7. The summed E-state index contributed by atoms with van der Waals surface area (Å²) < 4.78 is 0. The van der Waals surface area contributed by atoms with Crippen LogP contribution in [0.2, 0.25) is 5.02 Å². The first-order valence-electron chi connectivity index (χ1n) is 13.6.